The molecule has 3 nitrogen and oxygen atoms in total. The normalized spacial score (nSPS) is 12.1. The first-order valence-corrected chi connectivity index (χ1v) is 16.5. The Kier molecular flexibility index (Phi) is 11.6. The second-order valence-corrected chi connectivity index (χ2v) is 15.8. The van der Waals surface area contributed by atoms with Crippen LogP contribution in [0.1, 0.15) is 37.5 Å². The Bertz CT molecular complexity index is 1310. The van der Waals surface area contributed by atoms with E-state index in [2.05, 4.69) is 123 Å². The monoisotopic (exact) mass is 561 g/mol. The topological polar surface area (TPSA) is 35.7 Å². The van der Waals surface area contributed by atoms with Gasteiger partial charge in [-0.2, -0.15) is 0 Å². The van der Waals surface area contributed by atoms with Crippen LogP contribution in [0.3, 0.4) is 0 Å². The second kappa shape index (κ2) is 14.6. The van der Waals surface area contributed by atoms with Crippen molar-refractivity contribution in [3.05, 3.63) is 125 Å². The van der Waals surface area contributed by atoms with Gasteiger partial charge in [0.05, 0.1) is 5.69 Å². The Morgan fingerprint density at radius 2 is 1.43 bits per heavy atom. The Labute approximate surface area is 237 Å². The molecule has 4 aromatic rings. The fourth-order valence-electron chi connectivity index (χ4n) is 3.38. The van der Waals surface area contributed by atoms with Crippen LogP contribution >= 0.6 is 17.8 Å². The number of rotatable bonds is 7. The quantitative estimate of drug-likeness (QED) is 0.0974. The molecule has 0 heterocycles. The maximum atomic E-state index is 4.99. The number of para-hydroxylation sites is 1. The molecular weight excluding hydrogens is 528 g/mol. The third-order valence-electron chi connectivity index (χ3n) is 5.37. The standard InChI is InChI=1S/C19H23N2O.C12H10S2.Ti/c1-14-11-16(19(2,3)4)12-15(18(14)21-22-5)13-20-17-9-7-6-8-10-17;1-3-7-11(8-4-1)13-14-12-9-5-2-6-10-12;/h6-13H,1-5H3;1-10H;/q-1;;+1. The van der Waals surface area contributed by atoms with Gasteiger partial charge in [0.2, 0.25) is 0 Å². The molecule has 189 valence electrons. The molecule has 37 heavy (non-hydrogen) atoms. The van der Waals surface area contributed by atoms with Gasteiger partial charge in [-0.25, -0.2) is 0 Å². The zero-order chi connectivity index (χ0) is 26.7. The van der Waals surface area contributed by atoms with Crippen LogP contribution in [0, 0.1) is 6.92 Å². The molecule has 0 saturated carbocycles. The summed E-state index contributed by atoms with van der Waals surface area (Å²) in [6, 6.07) is 35.4. The Morgan fingerprint density at radius 1 is 0.865 bits per heavy atom. The molecule has 0 radical (unpaired) electrons. The van der Waals surface area contributed by atoms with Crippen molar-refractivity contribution in [2.45, 2.75) is 42.9 Å². The third kappa shape index (κ3) is 9.52. The van der Waals surface area contributed by atoms with Crippen molar-refractivity contribution < 1.29 is 23.4 Å². The van der Waals surface area contributed by atoms with Crippen LogP contribution in [0.2, 0.25) is 0 Å². The van der Waals surface area contributed by atoms with Crippen LogP contribution in [0.15, 0.2) is 118 Å². The molecule has 1 unspecified atom stereocenters. The molecular formula is C31H33N2OS2Ti. The van der Waals surface area contributed by atoms with E-state index in [9.17, 15) is 0 Å². The van der Waals surface area contributed by atoms with Gasteiger partial charge in [0.1, 0.15) is 0 Å². The molecule has 0 saturated heterocycles. The second-order valence-electron chi connectivity index (χ2n) is 9.33. The molecule has 4 aromatic carbocycles. The SMILES string of the molecule is CO[N-]c1c(C)cc(C(C)(C)C)cc1C=Nc1ccccc1.[Ti+]=[S](Sc1ccccc1)c1ccccc1. The van der Waals surface area contributed by atoms with Crippen molar-refractivity contribution in [1.82, 2.24) is 0 Å². The maximum absolute atomic E-state index is 4.99. The number of aryl methyl sites for hydroxylation is 1. The number of aliphatic imine (C=N–C) groups is 1. The van der Waals surface area contributed by atoms with Crippen LogP contribution < -0.4 is 0 Å². The zero-order valence-corrected chi connectivity index (χ0v) is 25.2. The molecule has 0 fully saturated rings. The molecule has 0 aliphatic carbocycles. The number of benzene rings is 4. The molecule has 6 heteroatoms. The summed E-state index contributed by atoms with van der Waals surface area (Å²) in [6.07, 6.45) is 1.86. The van der Waals surface area contributed by atoms with E-state index in [4.69, 9.17) is 4.84 Å². The molecule has 0 aliphatic heterocycles. The predicted octanol–water partition coefficient (Wildman–Crippen LogP) is 10.1. The van der Waals surface area contributed by atoms with Gasteiger partial charge in [0, 0.05) is 13.3 Å². The van der Waals surface area contributed by atoms with Crippen LogP contribution in [-0.4, -0.2) is 13.3 Å². The van der Waals surface area contributed by atoms with E-state index >= 15 is 0 Å². The van der Waals surface area contributed by atoms with E-state index in [-0.39, 0.29) is 12.4 Å². The molecule has 0 aromatic heterocycles. The van der Waals surface area contributed by atoms with Crippen molar-refractivity contribution in [2.24, 2.45) is 4.99 Å². The van der Waals surface area contributed by atoms with Gasteiger partial charge in [0.15, 0.2) is 0 Å². The summed E-state index contributed by atoms with van der Waals surface area (Å²) in [7, 11) is 3.49. The van der Waals surface area contributed by atoms with Crippen molar-refractivity contribution in [2.75, 3.05) is 7.11 Å². The molecule has 0 amide bonds. The average Bonchev–Trinajstić information content (AvgIpc) is 2.90. The van der Waals surface area contributed by atoms with E-state index < -0.39 is 0 Å². The van der Waals surface area contributed by atoms with Gasteiger partial charge in [-0.05, 0) is 35.6 Å². The van der Waals surface area contributed by atoms with Crippen molar-refractivity contribution >= 4 is 35.4 Å². The van der Waals surface area contributed by atoms with E-state index in [1.807, 2.05) is 54.3 Å². The molecule has 0 aliphatic rings. The van der Waals surface area contributed by atoms with Crippen molar-refractivity contribution in [3.8, 4) is 0 Å². The summed E-state index contributed by atoms with van der Waals surface area (Å²) in [5, 5.41) is 0. The predicted molar refractivity (Wildman–Crippen MR) is 158 cm³/mol. The summed E-state index contributed by atoms with van der Waals surface area (Å²) >= 11 is 2.27. The summed E-state index contributed by atoms with van der Waals surface area (Å²) in [6.45, 7) is 8.89. The minimum absolute atomic E-state index is 0.0751. The van der Waals surface area contributed by atoms with Gasteiger partial charge in [-0.15, -0.1) is 5.69 Å². The van der Waals surface area contributed by atoms with Gasteiger partial charge < -0.3 is 10.3 Å². The van der Waals surface area contributed by atoms with Gasteiger partial charge in [-0.3, -0.25) is 4.99 Å². The van der Waals surface area contributed by atoms with Crippen molar-refractivity contribution in [3.63, 3.8) is 0 Å². The average molecular weight is 562 g/mol. The third-order valence-corrected chi connectivity index (χ3v) is 10.6. The van der Waals surface area contributed by atoms with Gasteiger partial charge in [-0.1, -0.05) is 56.7 Å². The van der Waals surface area contributed by atoms with Crippen LogP contribution in [0.25, 0.3) is 5.48 Å². The fourth-order valence-corrected chi connectivity index (χ4v) is 7.86. The summed E-state index contributed by atoms with van der Waals surface area (Å²) in [5.74, 6) is 0. The number of hydrogen-bond donors (Lipinski definition) is 0. The Balaban J connectivity index is 0.000000220. The van der Waals surface area contributed by atoms with Gasteiger partial charge >= 0.3 is 107 Å². The van der Waals surface area contributed by atoms with Crippen LogP contribution in [0.5, 0.6) is 0 Å². The zero-order valence-electron chi connectivity index (χ0n) is 22.0. The minimum atomic E-state index is 0.0751. The first kappa shape index (κ1) is 29.3. The summed E-state index contributed by atoms with van der Waals surface area (Å²) in [4.78, 5) is 12.3. The van der Waals surface area contributed by atoms with Crippen molar-refractivity contribution in [1.29, 1.82) is 0 Å². The Morgan fingerprint density at radius 3 is 2.00 bits per heavy atom. The van der Waals surface area contributed by atoms with Crippen LogP contribution in [0.4, 0.5) is 11.4 Å². The number of nitrogens with zero attached hydrogens (tertiary/aromatic N) is 2. The summed E-state index contributed by atoms with van der Waals surface area (Å²) in [5.41, 5.74) is 9.29. The Hall–Kier alpha value is -2.28. The molecule has 1 atom stereocenters. The first-order valence-electron chi connectivity index (χ1n) is 12.0. The molecule has 0 spiro atoms. The number of hydrogen-bond acceptors (Lipinski definition) is 3. The van der Waals surface area contributed by atoms with Crippen LogP contribution in [-0.2, 0) is 28.8 Å². The van der Waals surface area contributed by atoms with E-state index in [0.29, 0.717) is 0 Å². The summed E-state index contributed by atoms with van der Waals surface area (Å²) < 4.78 is 0. The molecule has 4 rings (SSSR count). The van der Waals surface area contributed by atoms with E-state index in [1.165, 1.54) is 15.4 Å². The first-order chi connectivity index (χ1) is 17.8. The molecule has 0 N–H and O–H groups in total. The van der Waals surface area contributed by atoms with E-state index in [1.54, 1.807) is 7.11 Å². The molecule has 0 bridgehead atoms. The van der Waals surface area contributed by atoms with E-state index in [0.717, 1.165) is 22.5 Å². The van der Waals surface area contributed by atoms with Gasteiger partial charge in [0.25, 0.3) is 0 Å². The fraction of sp³-hybridized carbons (Fsp3) is 0.194.